The molecular formula is C12H8ClF3N2O. The molecule has 0 radical (unpaired) electrons. The molecule has 0 fully saturated rings. The van der Waals surface area contributed by atoms with Crippen LogP contribution in [0.15, 0.2) is 36.7 Å². The monoisotopic (exact) mass is 288 g/mol. The molecule has 0 aliphatic rings. The molecule has 0 aliphatic carbocycles. The highest BCUT2D eigenvalue weighted by molar-refractivity contribution is 6.04. The van der Waals surface area contributed by atoms with Crippen molar-refractivity contribution in [2.45, 2.75) is 0 Å². The second kappa shape index (κ2) is 6.19. The Bertz CT molecular complexity index is 593. The summed E-state index contributed by atoms with van der Waals surface area (Å²) in [6.45, 7) is 0. The fourth-order valence-electron chi connectivity index (χ4n) is 1.32. The van der Waals surface area contributed by atoms with Crippen LogP contribution in [0.1, 0.15) is 10.4 Å². The lowest BCUT2D eigenvalue weighted by Crippen LogP contribution is -2.13. The number of rotatable bonds is 2. The molecule has 7 heteroatoms. The van der Waals surface area contributed by atoms with Gasteiger partial charge in [-0.05, 0) is 24.3 Å². The van der Waals surface area contributed by atoms with Crippen molar-refractivity contribution >= 4 is 24.0 Å². The Balaban J connectivity index is 0.00000180. The van der Waals surface area contributed by atoms with Gasteiger partial charge in [-0.25, -0.2) is 13.2 Å². The molecule has 2 rings (SSSR count). The maximum absolute atomic E-state index is 13.3. The number of halogens is 4. The molecule has 1 amide bonds. The molecule has 1 N–H and O–H groups in total. The lowest BCUT2D eigenvalue weighted by Gasteiger charge is -2.07. The van der Waals surface area contributed by atoms with Gasteiger partial charge in [-0.3, -0.25) is 9.78 Å². The number of hydrogen-bond acceptors (Lipinski definition) is 2. The summed E-state index contributed by atoms with van der Waals surface area (Å²) in [7, 11) is 0. The fraction of sp³-hybridized carbons (Fsp3) is 0. The molecule has 100 valence electrons. The summed E-state index contributed by atoms with van der Waals surface area (Å²) in [6.07, 6.45) is 2.77. The first kappa shape index (κ1) is 15.0. The van der Waals surface area contributed by atoms with E-state index < -0.39 is 29.0 Å². The van der Waals surface area contributed by atoms with Crippen LogP contribution in [-0.2, 0) is 0 Å². The Morgan fingerprint density at radius 3 is 2.26 bits per heavy atom. The summed E-state index contributed by atoms with van der Waals surface area (Å²) in [5.41, 5.74) is -0.190. The van der Waals surface area contributed by atoms with Gasteiger partial charge in [0.15, 0.2) is 17.5 Å². The molecule has 19 heavy (non-hydrogen) atoms. The minimum Gasteiger partial charge on any atom is -0.319 e. The Morgan fingerprint density at radius 2 is 1.63 bits per heavy atom. The third kappa shape index (κ3) is 3.23. The number of anilines is 1. The van der Waals surface area contributed by atoms with Crippen molar-refractivity contribution in [3.05, 3.63) is 59.7 Å². The van der Waals surface area contributed by atoms with Crippen molar-refractivity contribution in [3.8, 4) is 0 Å². The van der Waals surface area contributed by atoms with Crippen LogP contribution in [0.25, 0.3) is 0 Å². The van der Waals surface area contributed by atoms with Gasteiger partial charge in [-0.1, -0.05) is 0 Å². The van der Waals surface area contributed by atoms with Crippen molar-refractivity contribution in [1.29, 1.82) is 0 Å². The standard InChI is InChI=1S/C12H7F3N2O.ClH/c13-8-1-2-9(11(15)10(8)14)17-12(18)7-3-5-16-6-4-7;/h1-6H,(H,17,18);1H. The molecule has 0 spiro atoms. The maximum Gasteiger partial charge on any atom is 0.255 e. The number of nitrogens with one attached hydrogen (secondary N) is 1. The third-order valence-corrected chi connectivity index (χ3v) is 2.23. The van der Waals surface area contributed by atoms with E-state index in [0.717, 1.165) is 12.1 Å². The van der Waals surface area contributed by atoms with Gasteiger partial charge in [0, 0.05) is 18.0 Å². The molecule has 0 saturated carbocycles. The number of nitrogens with zero attached hydrogens (tertiary/aromatic N) is 1. The first-order chi connectivity index (χ1) is 8.59. The topological polar surface area (TPSA) is 42.0 Å². The van der Waals surface area contributed by atoms with Gasteiger partial charge in [-0.2, -0.15) is 0 Å². The first-order valence-electron chi connectivity index (χ1n) is 4.94. The molecule has 0 saturated heterocycles. The average Bonchev–Trinajstić information content (AvgIpc) is 2.40. The predicted octanol–water partition coefficient (Wildman–Crippen LogP) is 3.17. The quantitative estimate of drug-likeness (QED) is 0.863. The number of amides is 1. The molecule has 3 nitrogen and oxygen atoms in total. The van der Waals surface area contributed by atoms with E-state index >= 15 is 0 Å². The van der Waals surface area contributed by atoms with Crippen LogP contribution < -0.4 is 5.32 Å². The van der Waals surface area contributed by atoms with E-state index in [1.165, 1.54) is 24.5 Å². The number of carbonyl (C=O) groups excluding carboxylic acids is 1. The lowest BCUT2D eigenvalue weighted by molar-refractivity contribution is 0.102. The fourth-order valence-corrected chi connectivity index (χ4v) is 1.32. The number of benzene rings is 1. The zero-order valence-corrected chi connectivity index (χ0v) is 10.2. The molecule has 0 atom stereocenters. The van der Waals surface area contributed by atoms with Crippen LogP contribution in [0.5, 0.6) is 0 Å². The van der Waals surface area contributed by atoms with Gasteiger partial charge in [-0.15, -0.1) is 12.4 Å². The summed E-state index contributed by atoms with van der Waals surface area (Å²) in [5.74, 6) is -5.00. The van der Waals surface area contributed by atoms with E-state index in [0.29, 0.717) is 0 Å². The average molecular weight is 289 g/mol. The molecule has 0 bridgehead atoms. The van der Waals surface area contributed by atoms with Gasteiger partial charge in [0.25, 0.3) is 5.91 Å². The second-order valence-corrected chi connectivity index (χ2v) is 3.41. The van der Waals surface area contributed by atoms with Gasteiger partial charge in [0.05, 0.1) is 5.69 Å². The number of aromatic nitrogens is 1. The van der Waals surface area contributed by atoms with Crippen LogP contribution in [0.4, 0.5) is 18.9 Å². The minimum atomic E-state index is -1.62. The van der Waals surface area contributed by atoms with Crippen LogP contribution >= 0.6 is 12.4 Å². The smallest absolute Gasteiger partial charge is 0.255 e. The molecule has 1 heterocycles. The van der Waals surface area contributed by atoms with Crippen LogP contribution in [0.3, 0.4) is 0 Å². The summed E-state index contributed by atoms with van der Waals surface area (Å²) in [6, 6.07) is 4.51. The molecule has 2 aromatic rings. The SMILES string of the molecule is Cl.O=C(Nc1ccc(F)c(F)c1F)c1ccncc1. The number of hydrogen-bond donors (Lipinski definition) is 1. The van der Waals surface area contributed by atoms with Gasteiger partial charge < -0.3 is 5.32 Å². The van der Waals surface area contributed by atoms with E-state index in [4.69, 9.17) is 0 Å². The van der Waals surface area contributed by atoms with E-state index in [2.05, 4.69) is 10.3 Å². The van der Waals surface area contributed by atoms with Crippen molar-refractivity contribution in [3.63, 3.8) is 0 Å². The van der Waals surface area contributed by atoms with Crippen molar-refractivity contribution in [2.24, 2.45) is 0 Å². The highest BCUT2D eigenvalue weighted by Gasteiger charge is 2.15. The largest absolute Gasteiger partial charge is 0.319 e. The van der Waals surface area contributed by atoms with E-state index in [1.54, 1.807) is 0 Å². The van der Waals surface area contributed by atoms with Gasteiger partial charge >= 0.3 is 0 Å². The van der Waals surface area contributed by atoms with E-state index in [1.807, 2.05) is 0 Å². The third-order valence-electron chi connectivity index (χ3n) is 2.23. The summed E-state index contributed by atoms with van der Waals surface area (Å²) >= 11 is 0. The van der Waals surface area contributed by atoms with Gasteiger partial charge in [0.1, 0.15) is 0 Å². The number of carbonyl (C=O) groups is 1. The Morgan fingerprint density at radius 1 is 1.00 bits per heavy atom. The zero-order valence-electron chi connectivity index (χ0n) is 9.36. The Kier molecular flexibility index (Phi) is 4.88. The van der Waals surface area contributed by atoms with Crippen molar-refractivity contribution in [1.82, 2.24) is 4.98 Å². The Labute approximate surface area is 112 Å². The van der Waals surface area contributed by atoms with E-state index in [9.17, 15) is 18.0 Å². The number of pyridine rings is 1. The van der Waals surface area contributed by atoms with Gasteiger partial charge in [0.2, 0.25) is 0 Å². The maximum atomic E-state index is 13.3. The molecule has 0 aliphatic heterocycles. The van der Waals surface area contributed by atoms with E-state index in [-0.39, 0.29) is 18.0 Å². The molecule has 1 aromatic heterocycles. The minimum absolute atomic E-state index is 0. The zero-order chi connectivity index (χ0) is 13.1. The highest BCUT2D eigenvalue weighted by atomic mass is 35.5. The van der Waals surface area contributed by atoms with Crippen molar-refractivity contribution in [2.75, 3.05) is 5.32 Å². The first-order valence-corrected chi connectivity index (χ1v) is 4.94. The van der Waals surface area contributed by atoms with Crippen LogP contribution in [-0.4, -0.2) is 10.9 Å². The molecule has 1 aromatic carbocycles. The van der Waals surface area contributed by atoms with Crippen LogP contribution in [0.2, 0.25) is 0 Å². The normalized spacial score (nSPS) is 9.63. The highest BCUT2D eigenvalue weighted by Crippen LogP contribution is 2.20. The van der Waals surface area contributed by atoms with Crippen molar-refractivity contribution < 1.29 is 18.0 Å². The predicted molar refractivity (Wildman–Crippen MR) is 65.8 cm³/mol. The van der Waals surface area contributed by atoms with Crippen LogP contribution in [0, 0.1) is 17.5 Å². The molecule has 0 unspecified atom stereocenters. The Hall–Kier alpha value is -2.08. The summed E-state index contributed by atoms with van der Waals surface area (Å²) < 4.78 is 38.9. The lowest BCUT2D eigenvalue weighted by atomic mass is 10.2. The summed E-state index contributed by atoms with van der Waals surface area (Å²) in [4.78, 5) is 15.4. The molecular weight excluding hydrogens is 281 g/mol. The second-order valence-electron chi connectivity index (χ2n) is 3.41. The summed E-state index contributed by atoms with van der Waals surface area (Å²) in [5, 5.41) is 2.15.